The predicted octanol–water partition coefficient (Wildman–Crippen LogP) is -0.0227. The van der Waals surface area contributed by atoms with E-state index in [-0.39, 0.29) is 5.79 Å². The van der Waals surface area contributed by atoms with E-state index in [2.05, 4.69) is 0 Å². The Labute approximate surface area is 103 Å². The Bertz CT molecular complexity index is 247. The third kappa shape index (κ3) is 2.81. The molecule has 1 atom stereocenters. The average Bonchev–Trinajstić information content (AvgIpc) is 2.74. The molecule has 4 nitrogen and oxygen atoms in total. The highest BCUT2D eigenvalue weighted by molar-refractivity contribution is 4.82. The van der Waals surface area contributed by atoms with E-state index in [1.54, 1.807) is 4.90 Å². The minimum Gasteiger partial charge on any atom is -0.370 e. The number of hydrogen-bond acceptors (Lipinski definition) is 3. The molecule has 0 aromatic carbocycles. The molecule has 0 unspecified atom stereocenters. The SMILES string of the molecule is C1CCC2(CC1)OC[C@H](C[NH+]1CCOCC1)O2. The monoisotopic (exact) mass is 242 g/mol. The van der Waals surface area contributed by atoms with E-state index in [0.717, 1.165) is 52.3 Å². The van der Waals surface area contributed by atoms with Crippen LogP contribution in [0.2, 0.25) is 0 Å². The summed E-state index contributed by atoms with van der Waals surface area (Å²) < 4.78 is 17.6. The fourth-order valence-electron chi connectivity index (χ4n) is 3.26. The van der Waals surface area contributed by atoms with Gasteiger partial charge < -0.3 is 19.1 Å². The van der Waals surface area contributed by atoms with Gasteiger partial charge in [0, 0.05) is 12.8 Å². The Hall–Kier alpha value is -0.160. The first-order valence-electron chi connectivity index (χ1n) is 7.09. The summed E-state index contributed by atoms with van der Waals surface area (Å²) in [4.78, 5) is 1.61. The number of rotatable bonds is 2. The fourth-order valence-corrected chi connectivity index (χ4v) is 3.26. The molecule has 0 aromatic heterocycles. The Kier molecular flexibility index (Phi) is 3.66. The van der Waals surface area contributed by atoms with E-state index < -0.39 is 0 Å². The van der Waals surface area contributed by atoms with Crippen LogP contribution in [-0.4, -0.2) is 51.3 Å². The normalized spacial score (nSPS) is 34.2. The lowest BCUT2D eigenvalue weighted by Crippen LogP contribution is -3.15. The molecule has 1 N–H and O–H groups in total. The molecule has 17 heavy (non-hydrogen) atoms. The number of morpholine rings is 1. The molecule has 0 bridgehead atoms. The van der Waals surface area contributed by atoms with Crippen molar-refractivity contribution in [1.29, 1.82) is 0 Å². The Morgan fingerprint density at radius 2 is 1.82 bits per heavy atom. The van der Waals surface area contributed by atoms with Crippen molar-refractivity contribution < 1.29 is 19.1 Å². The minimum atomic E-state index is -0.200. The van der Waals surface area contributed by atoms with Crippen molar-refractivity contribution in [2.24, 2.45) is 0 Å². The van der Waals surface area contributed by atoms with E-state index in [0.29, 0.717) is 6.10 Å². The van der Waals surface area contributed by atoms with Gasteiger partial charge in [-0.15, -0.1) is 0 Å². The lowest BCUT2D eigenvalue weighted by molar-refractivity contribution is -0.910. The van der Waals surface area contributed by atoms with Crippen LogP contribution in [0.1, 0.15) is 32.1 Å². The van der Waals surface area contributed by atoms with Crippen LogP contribution in [0, 0.1) is 0 Å². The molecular formula is C13H24NO3+. The van der Waals surface area contributed by atoms with Gasteiger partial charge in [-0.2, -0.15) is 0 Å². The maximum absolute atomic E-state index is 6.21. The van der Waals surface area contributed by atoms with Gasteiger partial charge in [-0.3, -0.25) is 0 Å². The number of quaternary nitrogens is 1. The molecular weight excluding hydrogens is 218 g/mol. The van der Waals surface area contributed by atoms with Crippen molar-refractivity contribution >= 4 is 0 Å². The Balaban J connectivity index is 1.49. The lowest BCUT2D eigenvalue weighted by atomic mass is 9.94. The van der Waals surface area contributed by atoms with Gasteiger partial charge in [-0.25, -0.2) is 0 Å². The van der Waals surface area contributed by atoms with E-state index in [9.17, 15) is 0 Å². The van der Waals surface area contributed by atoms with Gasteiger partial charge in [-0.05, 0) is 12.8 Å². The minimum absolute atomic E-state index is 0.200. The van der Waals surface area contributed by atoms with Gasteiger partial charge in [-0.1, -0.05) is 6.42 Å². The van der Waals surface area contributed by atoms with E-state index in [1.165, 1.54) is 19.3 Å². The quantitative estimate of drug-likeness (QED) is 0.738. The summed E-state index contributed by atoms with van der Waals surface area (Å²) in [6, 6.07) is 0. The second-order valence-electron chi connectivity index (χ2n) is 5.59. The first-order chi connectivity index (χ1) is 8.36. The van der Waals surface area contributed by atoms with Crippen LogP contribution in [0.4, 0.5) is 0 Å². The van der Waals surface area contributed by atoms with Crippen molar-refractivity contribution in [1.82, 2.24) is 0 Å². The molecule has 0 aromatic rings. The standard InChI is InChI=1S/C13H23NO3/c1-2-4-13(5-3-1)16-11-12(17-13)10-14-6-8-15-9-7-14/h12H,1-11H2/p+1/t12-/m0/s1. The number of hydrogen-bond donors (Lipinski definition) is 1. The highest BCUT2D eigenvalue weighted by Gasteiger charge is 2.43. The van der Waals surface area contributed by atoms with Gasteiger partial charge >= 0.3 is 0 Å². The molecule has 4 heteroatoms. The zero-order valence-electron chi connectivity index (χ0n) is 10.6. The molecule has 1 aliphatic carbocycles. The second kappa shape index (κ2) is 5.22. The van der Waals surface area contributed by atoms with Crippen LogP contribution in [0.3, 0.4) is 0 Å². The summed E-state index contributed by atoms with van der Waals surface area (Å²) >= 11 is 0. The van der Waals surface area contributed by atoms with Gasteiger partial charge in [0.25, 0.3) is 0 Å². The van der Waals surface area contributed by atoms with Gasteiger partial charge in [0.05, 0.1) is 19.8 Å². The van der Waals surface area contributed by atoms with Crippen LogP contribution >= 0.6 is 0 Å². The highest BCUT2D eigenvalue weighted by atomic mass is 16.7. The molecule has 1 saturated carbocycles. The zero-order chi connectivity index (χ0) is 11.6. The van der Waals surface area contributed by atoms with Crippen LogP contribution < -0.4 is 4.90 Å². The summed E-state index contributed by atoms with van der Waals surface area (Å²) in [6.07, 6.45) is 6.37. The first-order valence-corrected chi connectivity index (χ1v) is 7.09. The smallest absolute Gasteiger partial charge is 0.169 e. The topological polar surface area (TPSA) is 32.1 Å². The maximum Gasteiger partial charge on any atom is 0.169 e. The zero-order valence-corrected chi connectivity index (χ0v) is 10.6. The molecule has 2 heterocycles. The molecule has 98 valence electrons. The number of nitrogens with one attached hydrogen (secondary N) is 1. The predicted molar refractivity (Wildman–Crippen MR) is 63.0 cm³/mol. The van der Waals surface area contributed by atoms with Gasteiger partial charge in [0.15, 0.2) is 5.79 Å². The summed E-state index contributed by atoms with van der Waals surface area (Å²) in [5, 5.41) is 0. The summed E-state index contributed by atoms with van der Waals surface area (Å²) in [5.74, 6) is -0.200. The lowest BCUT2D eigenvalue weighted by Gasteiger charge is -2.32. The summed E-state index contributed by atoms with van der Waals surface area (Å²) in [5.41, 5.74) is 0. The van der Waals surface area contributed by atoms with Crippen LogP contribution in [-0.2, 0) is 14.2 Å². The molecule has 0 radical (unpaired) electrons. The molecule has 2 saturated heterocycles. The molecule has 3 aliphatic rings. The van der Waals surface area contributed by atoms with E-state index in [1.807, 2.05) is 0 Å². The molecule has 3 rings (SSSR count). The maximum atomic E-state index is 6.21. The number of ether oxygens (including phenoxy) is 3. The average molecular weight is 242 g/mol. The van der Waals surface area contributed by atoms with Crippen molar-refractivity contribution in [3.63, 3.8) is 0 Å². The molecule has 2 aliphatic heterocycles. The summed E-state index contributed by atoms with van der Waals surface area (Å²) in [7, 11) is 0. The molecule has 1 spiro atoms. The molecule has 3 fully saturated rings. The first kappa shape index (κ1) is 11.9. The van der Waals surface area contributed by atoms with Crippen LogP contribution in [0.5, 0.6) is 0 Å². The second-order valence-corrected chi connectivity index (χ2v) is 5.59. The third-order valence-electron chi connectivity index (χ3n) is 4.25. The van der Waals surface area contributed by atoms with Crippen LogP contribution in [0.15, 0.2) is 0 Å². The van der Waals surface area contributed by atoms with Gasteiger partial charge in [0.1, 0.15) is 25.7 Å². The largest absolute Gasteiger partial charge is 0.370 e. The van der Waals surface area contributed by atoms with Crippen molar-refractivity contribution in [3.05, 3.63) is 0 Å². The highest BCUT2D eigenvalue weighted by Crippen LogP contribution is 2.37. The van der Waals surface area contributed by atoms with Crippen molar-refractivity contribution in [2.45, 2.75) is 44.0 Å². The van der Waals surface area contributed by atoms with Crippen LogP contribution in [0.25, 0.3) is 0 Å². The van der Waals surface area contributed by atoms with Crippen molar-refractivity contribution in [3.8, 4) is 0 Å². The van der Waals surface area contributed by atoms with Gasteiger partial charge in [0.2, 0.25) is 0 Å². The Morgan fingerprint density at radius 3 is 2.59 bits per heavy atom. The molecule has 0 amide bonds. The Morgan fingerprint density at radius 1 is 1.06 bits per heavy atom. The fraction of sp³-hybridized carbons (Fsp3) is 1.00. The third-order valence-corrected chi connectivity index (χ3v) is 4.25. The van der Waals surface area contributed by atoms with Crippen molar-refractivity contribution in [2.75, 3.05) is 39.5 Å². The van der Waals surface area contributed by atoms with E-state index >= 15 is 0 Å². The van der Waals surface area contributed by atoms with E-state index in [4.69, 9.17) is 14.2 Å². The summed E-state index contributed by atoms with van der Waals surface area (Å²) in [6.45, 7) is 5.91.